The highest BCUT2D eigenvalue weighted by molar-refractivity contribution is 14.1. The Hall–Kier alpha value is 0.0400. The van der Waals surface area contributed by atoms with E-state index >= 15 is 0 Å². The number of benzene rings is 1. The molecule has 0 heterocycles. The van der Waals surface area contributed by atoms with Gasteiger partial charge >= 0.3 is 0 Å². The van der Waals surface area contributed by atoms with E-state index < -0.39 is 0 Å². The molecule has 0 aromatic heterocycles. The van der Waals surface area contributed by atoms with E-state index in [1.807, 2.05) is 6.07 Å². The minimum Gasteiger partial charge on any atom is -0.381 e. The second-order valence-corrected chi connectivity index (χ2v) is 8.31. The fourth-order valence-corrected chi connectivity index (χ4v) is 4.04. The van der Waals surface area contributed by atoms with Gasteiger partial charge in [-0.05, 0) is 77.8 Å². The van der Waals surface area contributed by atoms with Gasteiger partial charge in [0.15, 0.2) is 0 Å². The summed E-state index contributed by atoms with van der Waals surface area (Å²) in [6, 6.07) is 6.82. The van der Waals surface area contributed by atoms with Gasteiger partial charge < -0.3 is 5.32 Å². The maximum absolute atomic E-state index is 6.31. The van der Waals surface area contributed by atoms with Crippen LogP contribution in [0.3, 0.4) is 0 Å². The van der Waals surface area contributed by atoms with E-state index in [4.69, 9.17) is 11.6 Å². The van der Waals surface area contributed by atoms with Crippen molar-refractivity contribution in [2.45, 2.75) is 58.9 Å². The summed E-state index contributed by atoms with van der Waals surface area (Å²) in [6.45, 7) is 7.15. The van der Waals surface area contributed by atoms with Crippen LogP contribution in [0.4, 0.5) is 5.69 Å². The Labute approximate surface area is 142 Å². The number of hydrogen-bond acceptors (Lipinski definition) is 1. The van der Waals surface area contributed by atoms with E-state index in [9.17, 15) is 0 Å². The largest absolute Gasteiger partial charge is 0.381 e. The molecule has 1 aliphatic carbocycles. The van der Waals surface area contributed by atoms with E-state index in [0.717, 1.165) is 16.6 Å². The molecule has 1 aliphatic rings. The normalized spacial score (nSPS) is 23.6. The molecule has 1 N–H and O–H groups in total. The standard InChI is InChI=1S/C17H25ClIN/c1-4-17(2,3)12-5-8-14(9-6-12)20-16-10-7-13(19)11-15(16)18/h7,10-12,14,20H,4-6,8-9H2,1-3H3. The minimum atomic E-state index is 0.492. The van der Waals surface area contributed by atoms with Gasteiger partial charge in [-0.25, -0.2) is 0 Å². The lowest BCUT2D eigenvalue weighted by molar-refractivity contribution is 0.147. The molecule has 0 bridgehead atoms. The summed E-state index contributed by atoms with van der Waals surface area (Å²) in [7, 11) is 0. The molecule has 112 valence electrons. The zero-order valence-electron chi connectivity index (χ0n) is 12.7. The first-order valence-electron chi connectivity index (χ1n) is 7.64. The van der Waals surface area contributed by atoms with E-state index in [2.05, 4.69) is 60.8 Å². The lowest BCUT2D eigenvalue weighted by atomic mass is 9.69. The number of halogens is 2. The molecule has 2 rings (SSSR count). The van der Waals surface area contributed by atoms with Gasteiger partial charge in [0.1, 0.15) is 0 Å². The van der Waals surface area contributed by atoms with Gasteiger partial charge in [-0.3, -0.25) is 0 Å². The monoisotopic (exact) mass is 405 g/mol. The quantitative estimate of drug-likeness (QED) is 0.575. The Morgan fingerprint density at radius 2 is 1.90 bits per heavy atom. The van der Waals surface area contributed by atoms with E-state index in [0.29, 0.717) is 11.5 Å². The molecule has 1 nitrogen and oxygen atoms in total. The summed E-state index contributed by atoms with van der Waals surface area (Å²) in [6.07, 6.45) is 6.46. The number of nitrogens with one attached hydrogen (secondary N) is 1. The Kier molecular flexibility index (Phi) is 5.63. The van der Waals surface area contributed by atoms with E-state index in [-0.39, 0.29) is 0 Å². The number of rotatable bonds is 4. The zero-order chi connectivity index (χ0) is 14.8. The molecule has 0 aliphatic heterocycles. The second kappa shape index (κ2) is 6.87. The summed E-state index contributed by atoms with van der Waals surface area (Å²) in [5.74, 6) is 0.873. The highest BCUT2D eigenvalue weighted by Gasteiger charge is 2.31. The van der Waals surface area contributed by atoms with Crippen molar-refractivity contribution in [1.29, 1.82) is 0 Å². The summed E-state index contributed by atoms with van der Waals surface area (Å²) in [4.78, 5) is 0. The van der Waals surface area contributed by atoms with Crippen LogP contribution in [0.15, 0.2) is 18.2 Å². The van der Waals surface area contributed by atoms with Gasteiger partial charge in [0.25, 0.3) is 0 Å². The maximum Gasteiger partial charge on any atom is 0.0648 e. The van der Waals surface area contributed by atoms with Crippen molar-refractivity contribution in [2.24, 2.45) is 11.3 Å². The lowest BCUT2D eigenvalue weighted by Gasteiger charge is -2.39. The molecule has 1 aromatic carbocycles. The second-order valence-electron chi connectivity index (χ2n) is 6.66. The molecule has 1 fully saturated rings. The van der Waals surface area contributed by atoms with Crippen molar-refractivity contribution in [1.82, 2.24) is 0 Å². The molecule has 3 heteroatoms. The van der Waals surface area contributed by atoms with Crippen LogP contribution in [0.5, 0.6) is 0 Å². The molecule has 0 amide bonds. The zero-order valence-corrected chi connectivity index (χ0v) is 15.6. The molecule has 20 heavy (non-hydrogen) atoms. The molecule has 1 saturated carbocycles. The number of hydrogen-bond donors (Lipinski definition) is 1. The van der Waals surface area contributed by atoms with Gasteiger partial charge in [0, 0.05) is 9.61 Å². The third kappa shape index (κ3) is 4.03. The topological polar surface area (TPSA) is 12.0 Å². The molecular weight excluding hydrogens is 381 g/mol. The number of anilines is 1. The molecule has 0 unspecified atom stereocenters. The van der Waals surface area contributed by atoms with Crippen LogP contribution < -0.4 is 5.32 Å². The van der Waals surface area contributed by atoms with Crippen molar-refractivity contribution < 1.29 is 0 Å². The van der Waals surface area contributed by atoms with Gasteiger partial charge in [0.2, 0.25) is 0 Å². The summed E-state index contributed by atoms with van der Waals surface area (Å²) >= 11 is 8.60. The first kappa shape index (κ1) is 16.4. The van der Waals surface area contributed by atoms with Crippen molar-refractivity contribution in [3.63, 3.8) is 0 Å². The van der Waals surface area contributed by atoms with Crippen molar-refractivity contribution in [3.8, 4) is 0 Å². The van der Waals surface area contributed by atoms with Gasteiger partial charge in [-0.1, -0.05) is 38.8 Å². The van der Waals surface area contributed by atoms with Gasteiger partial charge in [0.05, 0.1) is 10.7 Å². The van der Waals surface area contributed by atoms with Gasteiger partial charge in [-0.2, -0.15) is 0 Å². The fourth-order valence-electron chi connectivity index (χ4n) is 3.13. The first-order chi connectivity index (χ1) is 9.42. The Morgan fingerprint density at radius 3 is 2.45 bits per heavy atom. The molecule has 0 saturated heterocycles. The van der Waals surface area contributed by atoms with Crippen molar-refractivity contribution >= 4 is 39.9 Å². The smallest absolute Gasteiger partial charge is 0.0648 e. The predicted molar refractivity (Wildman–Crippen MR) is 97.6 cm³/mol. The van der Waals surface area contributed by atoms with Gasteiger partial charge in [-0.15, -0.1) is 0 Å². The third-order valence-corrected chi connectivity index (χ3v) is 6.02. The summed E-state index contributed by atoms with van der Waals surface area (Å²) in [5.41, 5.74) is 1.58. The predicted octanol–water partition coefficient (Wildman–Crippen LogP) is 6.35. The average Bonchev–Trinajstić information content (AvgIpc) is 2.42. The van der Waals surface area contributed by atoms with Crippen molar-refractivity contribution in [3.05, 3.63) is 26.8 Å². The summed E-state index contributed by atoms with van der Waals surface area (Å²) in [5, 5.41) is 4.47. The molecule has 1 aromatic rings. The van der Waals surface area contributed by atoms with Crippen molar-refractivity contribution in [2.75, 3.05) is 5.32 Å². The molecule has 0 spiro atoms. The maximum atomic E-state index is 6.31. The SMILES string of the molecule is CCC(C)(C)C1CCC(Nc2ccc(I)cc2Cl)CC1. The average molecular weight is 406 g/mol. The van der Waals surface area contributed by atoms with E-state index in [1.165, 1.54) is 35.7 Å². The van der Waals surface area contributed by atoms with Crippen LogP contribution in [0.2, 0.25) is 5.02 Å². The van der Waals surface area contributed by atoms with Crippen LogP contribution in [0.1, 0.15) is 52.9 Å². The van der Waals surface area contributed by atoms with E-state index in [1.54, 1.807) is 0 Å². The molecule has 0 atom stereocenters. The highest BCUT2D eigenvalue weighted by atomic mass is 127. The van der Waals surface area contributed by atoms with Crippen LogP contribution in [-0.4, -0.2) is 6.04 Å². The Bertz CT molecular complexity index is 450. The minimum absolute atomic E-state index is 0.492. The van der Waals surface area contributed by atoms with Crippen LogP contribution in [-0.2, 0) is 0 Å². The van der Waals surface area contributed by atoms with Crippen LogP contribution in [0, 0.1) is 14.9 Å². The Balaban J connectivity index is 1.91. The van der Waals surface area contributed by atoms with Crippen LogP contribution >= 0.6 is 34.2 Å². The summed E-state index contributed by atoms with van der Waals surface area (Å²) < 4.78 is 1.19. The third-order valence-electron chi connectivity index (χ3n) is 5.03. The molecular formula is C17H25ClIN. The highest BCUT2D eigenvalue weighted by Crippen LogP contribution is 2.41. The lowest BCUT2D eigenvalue weighted by Crippen LogP contribution is -2.32. The fraction of sp³-hybridized carbons (Fsp3) is 0.647. The molecule has 0 radical (unpaired) electrons. The first-order valence-corrected chi connectivity index (χ1v) is 9.09. The Morgan fingerprint density at radius 1 is 1.25 bits per heavy atom. The van der Waals surface area contributed by atoms with Crippen LogP contribution in [0.25, 0.3) is 0 Å².